The summed E-state index contributed by atoms with van der Waals surface area (Å²) in [6.45, 7) is 3.88. The summed E-state index contributed by atoms with van der Waals surface area (Å²) in [5.74, 6) is -1.30. The topological polar surface area (TPSA) is 94.8 Å². The molecule has 0 aliphatic heterocycles. The standard InChI is InChI=1S/C21H34O5/c1-3-4-9-13-21(2,26)14-12-17-16(18(22)15-19(17)23)10-7-5-6-8-11-20(24)25/h5,7,12,14,16-17,19,23,26H,3-4,6,8-11,13,15H2,1-2H3,(H,24,25)/b7-5+,14-12-/t16-,17-,19-,21+/m1/s1. The van der Waals surface area contributed by atoms with Crippen LogP contribution in [0.4, 0.5) is 0 Å². The number of ketones is 1. The molecule has 0 heterocycles. The number of aliphatic hydroxyl groups is 2. The average Bonchev–Trinajstić information content (AvgIpc) is 2.82. The molecule has 0 saturated heterocycles. The maximum atomic E-state index is 12.2. The van der Waals surface area contributed by atoms with E-state index in [4.69, 9.17) is 5.11 Å². The fourth-order valence-corrected chi connectivity index (χ4v) is 3.39. The van der Waals surface area contributed by atoms with Crippen molar-refractivity contribution in [3.63, 3.8) is 0 Å². The molecule has 1 aliphatic rings. The highest BCUT2D eigenvalue weighted by Gasteiger charge is 2.39. The van der Waals surface area contributed by atoms with Crippen LogP contribution in [0.5, 0.6) is 0 Å². The Kier molecular flexibility index (Phi) is 9.81. The lowest BCUT2D eigenvalue weighted by atomic mass is 9.88. The molecule has 5 nitrogen and oxygen atoms in total. The van der Waals surface area contributed by atoms with Crippen LogP contribution >= 0.6 is 0 Å². The van der Waals surface area contributed by atoms with E-state index < -0.39 is 17.7 Å². The second kappa shape index (κ2) is 11.3. The normalized spacial score (nSPS) is 26.0. The number of aliphatic carboxylic acids is 1. The minimum Gasteiger partial charge on any atom is -0.481 e. The highest BCUT2D eigenvalue weighted by atomic mass is 16.4. The lowest BCUT2D eigenvalue weighted by molar-refractivity contribution is -0.137. The fourth-order valence-electron chi connectivity index (χ4n) is 3.39. The SMILES string of the molecule is CCCCC[C@](C)(O)/C=C\[C@H]1[C@H](O)CC(=O)[C@@H]1C/C=C/CCCC(=O)O. The van der Waals surface area contributed by atoms with Crippen molar-refractivity contribution in [2.75, 3.05) is 0 Å². The Bertz CT molecular complexity index is 507. The summed E-state index contributed by atoms with van der Waals surface area (Å²) in [5, 5.41) is 29.3. The van der Waals surface area contributed by atoms with Crippen LogP contribution in [0.2, 0.25) is 0 Å². The van der Waals surface area contributed by atoms with Crippen molar-refractivity contribution in [3.8, 4) is 0 Å². The molecule has 0 bridgehead atoms. The molecular weight excluding hydrogens is 332 g/mol. The van der Waals surface area contributed by atoms with Gasteiger partial charge in [0.2, 0.25) is 0 Å². The first-order chi connectivity index (χ1) is 12.3. The number of hydrogen-bond acceptors (Lipinski definition) is 4. The molecule has 148 valence electrons. The summed E-state index contributed by atoms with van der Waals surface area (Å²) in [6, 6.07) is 0. The van der Waals surface area contributed by atoms with Gasteiger partial charge in [-0.05, 0) is 32.6 Å². The predicted molar refractivity (Wildman–Crippen MR) is 102 cm³/mol. The molecule has 0 spiro atoms. The smallest absolute Gasteiger partial charge is 0.303 e. The predicted octanol–water partition coefficient (Wildman–Crippen LogP) is 3.64. The second-order valence-corrected chi connectivity index (χ2v) is 7.59. The van der Waals surface area contributed by atoms with Crippen molar-refractivity contribution in [2.24, 2.45) is 11.8 Å². The van der Waals surface area contributed by atoms with E-state index in [9.17, 15) is 19.8 Å². The first-order valence-electron chi connectivity index (χ1n) is 9.76. The lowest BCUT2D eigenvalue weighted by Gasteiger charge is -2.21. The molecule has 1 rings (SSSR count). The van der Waals surface area contributed by atoms with Gasteiger partial charge in [0.25, 0.3) is 0 Å². The van der Waals surface area contributed by atoms with Crippen molar-refractivity contribution in [1.82, 2.24) is 0 Å². The molecule has 0 radical (unpaired) electrons. The van der Waals surface area contributed by atoms with Crippen LogP contribution in [0.3, 0.4) is 0 Å². The van der Waals surface area contributed by atoms with E-state index >= 15 is 0 Å². The quantitative estimate of drug-likeness (QED) is 0.362. The molecule has 1 aliphatic carbocycles. The van der Waals surface area contributed by atoms with Crippen molar-refractivity contribution in [3.05, 3.63) is 24.3 Å². The van der Waals surface area contributed by atoms with Crippen LogP contribution in [0.1, 0.15) is 71.6 Å². The largest absolute Gasteiger partial charge is 0.481 e. The minimum atomic E-state index is -0.919. The Morgan fingerprint density at radius 1 is 1.27 bits per heavy atom. The third kappa shape index (κ3) is 8.28. The van der Waals surface area contributed by atoms with Crippen LogP contribution in [0.25, 0.3) is 0 Å². The number of rotatable bonds is 12. The van der Waals surface area contributed by atoms with Gasteiger partial charge >= 0.3 is 5.97 Å². The fraction of sp³-hybridized carbons (Fsp3) is 0.714. The van der Waals surface area contributed by atoms with Gasteiger partial charge in [0, 0.05) is 24.7 Å². The number of carbonyl (C=O) groups is 2. The van der Waals surface area contributed by atoms with Gasteiger partial charge in [-0.1, -0.05) is 50.5 Å². The second-order valence-electron chi connectivity index (χ2n) is 7.59. The van der Waals surface area contributed by atoms with E-state index in [0.717, 1.165) is 19.3 Å². The average molecular weight is 366 g/mol. The first kappa shape index (κ1) is 22.6. The van der Waals surface area contributed by atoms with E-state index in [2.05, 4.69) is 6.92 Å². The molecule has 0 amide bonds. The Labute approximate surface area is 156 Å². The zero-order valence-corrected chi connectivity index (χ0v) is 16.1. The summed E-state index contributed by atoms with van der Waals surface area (Å²) >= 11 is 0. The first-order valence-corrected chi connectivity index (χ1v) is 9.76. The number of Topliss-reactive ketones (excluding diaryl/α,β-unsaturated/α-hetero) is 1. The molecule has 4 atom stereocenters. The number of aliphatic hydroxyl groups excluding tert-OH is 1. The molecule has 5 heteroatoms. The number of hydrogen-bond donors (Lipinski definition) is 3. The van der Waals surface area contributed by atoms with E-state index in [1.165, 1.54) is 0 Å². The maximum absolute atomic E-state index is 12.2. The van der Waals surface area contributed by atoms with Crippen LogP contribution in [0.15, 0.2) is 24.3 Å². The van der Waals surface area contributed by atoms with Crippen LogP contribution in [-0.4, -0.2) is 38.8 Å². The molecule has 0 aromatic carbocycles. The van der Waals surface area contributed by atoms with Crippen molar-refractivity contribution in [1.29, 1.82) is 0 Å². The van der Waals surface area contributed by atoms with Crippen LogP contribution in [0, 0.1) is 11.8 Å². The monoisotopic (exact) mass is 366 g/mol. The zero-order valence-electron chi connectivity index (χ0n) is 16.1. The van der Waals surface area contributed by atoms with Gasteiger partial charge in [-0.25, -0.2) is 0 Å². The molecule has 26 heavy (non-hydrogen) atoms. The van der Waals surface area contributed by atoms with E-state index in [-0.39, 0.29) is 30.5 Å². The molecule has 0 aromatic rings. The zero-order chi connectivity index (χ0) is 19.6. The number of allylic oxidation sites excluding steroid dienone is 2. The van der Waals surface area contributed by atoms with Gasteiger partial charge in [0.15, 0.2) is 0 Å². The minimum absolute atomic E-state index is 0.0490. The van der Waals surface area contributed by atoms with Crippen LogP contribution in [-0.2, 0) is 9.59 Å². The third-order valence-electron chi connectivity index (χ3n) is 5.01. The van der Waals surface area contributed by atoms with E-state index in [0.29, 0.717) is 25.7 Å². The number of carboxylic acid groups (broad SMARTS) is 1. The van der Waals surface area contributed by atoms with Gasteiger partial charge in [0.1, 0.15) is 5.78 Å². The van der Waals surface area contributed by atoms with Gasteiger partial charge in [-0.15, -0.1) is 0 Å². The number of carboxylic acids is 1. The van der Waals surface area contributed by atoms with Gasteiger partial charge in [-0.3, -0.25) is 9.59 Å². The molecule has 0 unspecified atom stereocenters. The molecule has 1 fully saturated rings. The van der Waals surface area contributed by atoms with Gasteiger partial charge < -0.3 is 15.3 Å². The number of unbranched alkanes of at least 4 members (excludes halogenated alkanes) is 3. The Hall–Kier alpha value is -1.46. The summed E-state index contributed by atoms with van der Waals surface area (Å²) < 4.78 is 0. The lowest BCUT2D eigenvalue weighted by Crippen LogP contribution is -2.23. The Morgan fingerprint density at radius 2 is 2.00 bits per heavy atom. The molecule has 1 saturated carbocycles. The van der Waals surface area contributed by atoms with Gasteiger partial charge in [-0.2, -0.15) is 0 Å². The number of carbonyl (C=O) groups excluding carboxylic acids is 1. The van der Waals surface area contributed by atoms with Crippen molar-refractivity contribution in [2.45, 2.75) is 83.3 Å². The Morgan fingerprint density at radius 3 is 2.65 bits per heavy atom. The van der Waals surface area contributed by atoms with E-state index in [1.54, 1.807) is 13.0 Å². The third-order valence-corrected chi connectivity index (χ3v) is 5.01. The molecular formula is C21H34O5. The summed E-state index contributed by atoms with van der Waals surface area (Å²) in [6.07, 6.45) is 12.5. The van der Waals surface area contributed by atoms with Crippen molar-refractivity contribution >= 4 is 11.8 Å². The van der Waals surface area contributed by atoms with Crippen LogP contribution < -0.4 is 0 Å². The summed E-state index contributed by atoms with van der Waals surface area (Å²) in [5.41, 5.74) is -0.919. The Balaban J connectivity index is 2.58. The summed E-state index contributed by atoms with van der Waals surface area (Å²) in [4.78, 5) is 22.6. The highest BCUT2D eigenvalue weighted by Crippen LogP contribution is 2.34. The summed E-state index contributed by atoms with van der Waals surface area (Å²) in [7, 11) is 0. The van der Waals surface area contributed by atoms with Crippen molar-refractivity contribution < 1.29 is 24.9 Å². The maximum Gasteiger partial charge on any atom is 0.303 e. The van der Waals surface area contributed by atoms with E-state index in [1.807, 2.05) is 18.2 Å². The highest BCUT2D eigenvalue weighted by molar-refractivity contribution is 5.84. The molecule has 0 aromatic heterocycles. The van der Waals surface area contributed by atoms with Gasteiger partial charge in [0.05, 0.1) is 11.7 Å². The molecule has 3 N–H and O–H groups in total.